The quantitative estimate of drug-likeness (QED) is 0.759. The highest BCUT2D eigenvalue weighted by Gasteiger charge is 2.24. The zero-order chi connectivity index (χ0) is 20.6. The van der Waals surface area contributed by atoms with Crippen molar-refractivity contribution in [3.05, 3.63) is 59.7 Å². The predicted molar refractivity (Wildman–Crippen MR) is 112 cm³/mol. The summed E-state index contributed by atoms with van der Waals surface area (Å²) >= 11 is 0. The zero-order valence-corrected chi connectivity index (χ0v) is 16.9. The molecule has 7 nitrogen and oxygen atoms in total. The van der Waals surface area contributed by atoms with Crippen molar-refractivity contribution in [2.75, 3.05) is 51.8 Å². The predicted octanol–water partition coefficient (Wildman–Crippen LogP) is 2.56. The molecule has 2 amide bonds. The second-order valence-electron chi connectivity index (χ2n) is 6.78. The molecule has 1 saturated heterocycles. The number of carbonyl (C=O) groups excluding carboxylic acids is 2. The summed E-state index contributed by atoms with van der Waals surface area (Å²) in [4.78, 5) is 28.4. The Morgan fingerprint density at radius 3 is 2.38 bits per heavy atom. The van der Waals surface area contributed by atoms with Crippen LogP contribution in [0.15, 0.2) is 48.5 Å². The number of hydrogen-bond acceptors (Lipinski definition) is 5. The molecule has 1 heterocycles. The first-order chi connectivity index (χ1) is 14.1. The number of anilines is 1. The van der Waals surface area contributed by atoms with Crippen molar-refractivity contribution in [1.29, 1.82) is 0 Å². The number of piperazine rings is 1. The Labute approximate surface area is 171 Å². The van der Waals surface area contributed by atoms with E-state index in [-0.39, 0.29) is 12.0 Å². The van der Waals surface area contributed by atoms with Crippen molar-refractivity contribution in [3.63, 3.8) is 0 Å². The molecular weight excluding hydrogens is 370 g/mol. The Morgan fingerprint density at radius 2 is 1.66 bits per heavy atom. The molecule has 0 radical (unpaired) electrons. The third kappa shape index (κ3) is 4.99. The van der Waals surface area contributed by atoms with Gasteiger partial charge >= 0.3 is 12.0 Å². The number of urea groups is 1. The lowest BCUT2D eigenvalue weighted by Crippen LogP contribution is -2.52. The molecule has 1 aliphatic heterocycles. The lowest BCUT2D eigenvalue weighted by molar-refractivity contribution is 0.0601. The van der Waals surface area contributed by atoms with Gasteiger partial charge in [-0.25, -0.2) is 9.59 Å². The number of nitrogens with one attached hydrogen (secondary N) is 1. The second kappa shape index (κ2) is 9.82. The molecule has 0 atom stereocenters. The molecule has 3 rings (SSSR count). The number of benzene rings is 2. The largest absolute Gasteiger partial charge is 0.496 e. The summed E-state index contributed by atoms with van der Waals surface area (Å²) in [5.74, 6) is 0.483. The van der Waals surface area contributed by atoms with E-state index in [2.05, 4.69) is 10.2 Å². The third-order valence-electron chi connectivity index (χ3n) is 5.08. The van der Waals surface area contributed by atoms with Crippen LogP contribution in [0.5, 0.6) is 5.75 Å². The Bertz CT molecular complexity index is 847. The molecule has 7 heteroatoms. The maximum Gasteiger partial charge on any atom is 0.339 e. The van der Waals surface area contributed by atoms with Crippen LogP contribution in [0.2, 0.25) is 0 Å². The van der Waals surface area contributed by atoms with Gasteiger partial charge in [0.2, 0.25) is 0 Å². The number of methoxy groups -OCH3 is 2. The van der Waals surface area contributed by atoms with E-state index in [4.69, 9.17) is 9.47 Å². The van der Waals surface area contributed by atoms with Crippen LogP contribution >= 0.6 is 0 Å². The van der Waals surface area contributed by atoms with E-state index >= 15 is 0 Å². The molecular formula is C22H27N3O4. The fourth-order valence-electron chi connectivity index (χ4n) is 3.51. The number of nitrogens with zero attached hydrogens (tertiary/aromatic N) is 2. The number of amides is 2. The summed E-state index contributed by atoms with van der Waals surface area (Å²) < 4.78 is 10.2. The van der Waals surface area contributed by atoms with E-state index in [0.717, 1.165) is 17.0 Å². The molecule has 1 N–H and O–H groups in total. The highest BCUT2D eigenvalue weighted by atomic mass is 16.5. The Hall–Kier alpha value is -3.22. The Morgan fingerprint density at radius 1 is 0.966 bits per heavy atom. The summed E-state index contributed by atoms with van der Waals surface area (Å²) in [7, 11) is 3.03. The maximum absolute atomic E-state index is 12.5. The minimum Gasteiger partial charge on any atom is -0.496 e. The maximum atomic E-state index is 12.5. The number of carbonyl (C=O) groups is 2. The highest BCUT2D eigenvalue weighted by Crippen LogP contribution is 2.22. The lowest BCUT2D eigenvalue weighted by atomic mass is 10.1. The van der Waals surface area contributed by atoms with E-state index in [1.54, 1.807) is 18.1 Å². The average Bonchev–Trinajstić information content (AvgIpc) is 2.79. The summed E-state index contributed by atoms with van der Waals surface area (Å²) in [6.07, 6.45) is 0.711. The van der Waals surface area contributed by atoms with E-state index in [1.165, 1.54) is 7.11 Å². The van der Waals surface area contributed by atoms with Crippen LogP contribution < -0.4 is 15.0 Å². The van der Waals surface area contributed by atoms with E-state index in [1.807, 2.05) is 42.5 Å². The number of para-hydroxylation sites is 2. The molecule has 0 saturated carbocycles. The summed E-state index contributed by atoms with van der Waals surface area (Å²) in [5.41, 5.74) is 2.46. The summed E-state index contributed by atoms with van der Waals surface area (Å²) in [6, 6.07) is 15.1. The molecule has 1 aliphatic rings. The zero-order valence-electron chi connectivity index (χ0n) is 16.9. The fraction of sp³-hybridized carbons (Fsp3) is 0.364. The van der Waals surface area contributed by atoms with E-state index in [9.17, 15) is 9.59 Å². The number of esters is 1. The average molecular weight is 397 g/mol. The normalized spacial score (nSPS) is 13.7. The van der Waals surface area contributed by atoms with Crippen LogP contribution in [-0.2, 0) is 11.2 Å². The molecule has 2 aromatic rings. The topological polar surface area (TPSA) is 71.1 Å². The SMILES string of the molecule is COC(=O)c1ccccc1N1CCN(C(=O)NCCc2ccccc2OC)CC1. The van der Waals surface area contributed by atoms with Gasteiger partial charge in [0.1, 0.15) is 5.75 Å². The monoisotopic (exact) mass is 397 g/mol. The Kier molecular flexibility index (Phi) is 6.94. The number of hydrogen-bond donors (Lipinski definition) is 1. The molecule has 0 spiro atoms. The van der Waals surface area contributed by atoms with Crippen molar-refractivity contribution < 1.29 is 19.1 Å². The molecule has 0 bridgehead atoms. The highest BCUT2D eigenvalue weighted by molar-refractivity contribution is 5.95. The van der Waals surface area contributed by atoms with Crippen molar-refractivity contribution >= 4 is 17.7 Å². The van der Waals surface area contributed by atoms with Crippen LogP contribution in [0.1, 0.15) is 15.9 Å². The molecule has 1 fully saturated rings. The van der Waals surface area contributed by atoms with Crippen molar-refractivity contribution in [2.24, 2.45) is 0 Å². The summed E-state index contributed by atoms with van der Waals surface area (Å²) in [6.45, 7) is 3.05. The summed E-state index contributed by atoms with van der Waals surface area (Å²) in [5, 5.41) is 2.98. The third-order valence-corrected chi connectivity index (χ3v) is 5.08. The van der Waals surface area contributed by atoms with Gasteiger partial charge in [0, 0.05) is 32.7 Å². The van der Waals surface area contributed by atoms with Crippen LogP contribution in [0, 0.1) is 0 Å². The standard InChI is InChI=1S/C22H27N3O4/c1-28-20-10-6-3-7-17(20)11-12-23-22(27)25-15-13-24(14-16-25)19-9-5-4-8-18(19)21(26)29-2/h3-10H,11-16H2,1-2H3,(H,23,27). The smallest absolute Gasteiger partial charge is 0.339 e. The first kappa shape index (κ1) is 20.5. The van der Waals surface area contributed by atoms with Crippen LogP contribution in [0.25, 0.3) is 0 Å². The fourth-order valence-corrected chi connectivity index (χ4v) is 3.51. The van der Waals surface area contributed by atoms with Gasteiger partial charge in [-0.15, -0.1) is 0 Å². The van der Waals surface area contributed by atoms with Gasteiger partial charge in [-0.05, 0) is 30.2 Å². The van der Waals surface area contributed by atoms with Crippen molar-refractivity contribution in [3.8, 4) is 5.75 Å². The minimum atomic E-state index is -0.350. The second-order valence-corrected chi connectivity index (χ2v) is 6.78. The molecule has 2 aromatic carbocycles. The lowest BCUT2D eigenvalue weighted by Gasteiger charge is -2.36. The van der Waals surface area contributed by atoms with Crippen LogP contribution in [0.3, 0.4) is 0 Å². The van der Waals surface area contributed by atoms with Crippen molar-refractivity contribution in [1.82, 2.24) is 10.2 Å². The van der Waals surface area contributed by atoms with Gasteiger partial charge in [-0.3, -0.25) is 0 Å². The first-order valence-corrected chi connectivity index (χ1v) is 9.71. The molecule has 0 aromatic heterocycles. The molecule has 29 heavy (non-hydrogen) atoms. The van der Waals surface area contributed by atoms with Crippen LogP contribution in [0.4, 0.5) is 10.5 Å². The van der Waals surface area contributed by atoms with Crippen molar-refractivity contribution in [2.45, 2.75) is 6.42 Å². The van der Waals surface area contributed by atoms with Gasteiger partial charge < -0.3 is 24.6 Å². The molecule has 0 aliphatic carbocycles. The Balaban J connectivity index is 1.51. The van der Waals surface area contributed by atoms with Gasteiger partial charge in [0.05, 0.1) is 25.5 Å². The van der Waals surface area contributed by atoms with Gasteiger partial charge in [-0.2, -0.15) is 0 Å². The number of rotatable bonds is 6. The van der Waals surface area contributed by atoms with E-state index in [0.29, 0.717) is 44.7 Å². The van der Waals surface area contributed by atoms with Gasteiger partial charge in [0.25, 0.3) is 0 Å². The minimum absolute atomic E-state index is 0.0687. The first-order valence-electron chi connectivity index (χ1n) is 9.71. The van der Waals surface area contributed by atoms with Gasteiger partial charge in [-0.1, -0.05) is 30.3 Å². The van der Waals surface area contributed by atoms with Gasteiger partial charge in [0.15, 0.2) is 0 Å². The molecule has 154 valence electrons. The number of ether oxygens (including phenoxy) is 2. The van der Waals surface area contributed by atoms with E-state index < -0.39 is 0 Å². The molecule has 0 unspecified atom stereocenters. The van der Waals surface area contributed by atoms with Crippen LogP contribution in [-0.4, -0.2) is 63.8 Å².